The summed E-state index contributed by atoms with van der Waals surface area (Å²) in [4.78, 5) is 16.7. The minimum absolute atomic E-state index is 0.221. The van der Waals surface area contributed by atoms with Crippen LogP contribution in [0.1, 0.15) is 0 Å². The van der Waals surface area contributed by atoms with Crippen molar-refractivity contribution < 1.29 is 18.9 Å². The SMILES string of the molecule is c1cnc(-c2nc(-c3ccc4c(c3)OCO4)c(-c3ccc4c(c3)OCO4)[nH]2)cn1. The second-order valence-corrected chi connectivity index (χ2v) is 6.54. The zero-order valence-corrected chi connectivity index (χ0v) is 15.1. The molecule has 2 aliphatic rings. The molecule has 142 valence electrons. The highest BCUT2D eigenvalue weighted by molar-refractivity contribution is 5.82. The van der Waals surface area contributed by atoms with Crippen LogP contribution in [0.15, 0.2) is 55.0 Å². The van der Waals surface area contributed by atoms with Crippen LogP contribution in [-0.4, -0.2) is 33.5 Å². The molecule has 0 radical (unpaired) electrons. The lowest BCUT2D eigenvalue weighted by molar-refractivity contribution is 0.173. The van der Waals surface area contributed by atoms with Crippen molar-refractivity contribution in [1.82, 2.24) is 19.9 Å². The molecule has 4 heterocycles. The van der Waals surface area contributed by atoms with Crippen LogP contribution in [0.2, 0.25) is 0 Å². The van der Waals surface area contributed by atoms with Gasteiger partial charge in [-0.1, -0.05) is 0 Å². The summed E-state index contributed by atoms with van der Waals surface area (Å²) in [5.74, 6) is 3.48. The molecule has 0 saturated carbocycles. The lowest BCUT2D eigenvalue weighted by Crippen LogP contribution is -1.93. The summed E-state index contributed by atoms with van der Waals surface area (Å²) in [7, 11) is 0. The summed E-state index contributed by atoms with van der Waals surface area (Å²) in [5, 5.41) is 0. The molecule has 2 aromatic carbocycles. The number of aromatic amines is 1. The molecule has 2 aromatic heterocycles. The molecular weight excluding hydrogens is 372 g/mol. The largest absolute Gasteiger partial charge is 0.454 e. The monoisotopic (exact) mass is 386 g/mol. The first-order valence-electron chi connectivity index (χ1n) is 9.01. The maximum atomic E-state index is 5.54. The van der Waals surface area contributed by atoms with Gasteiger partial charge in [0.25, 0.3) is 0 Å². The number of nitrogens with one attached hydrogen (secondary N) is 1. The van der Waals surface area contributed by atoms with E-state index in [1.165, 1.54) is 0 Å². The van der Waals surface area contributed by atoms with Crippen molar-refractivity contribution in [2.45, 2.75) is 0 Å². The van der Waals surface area contributed by atoms with Gasteiger partial charge in [-0.3, -0.25) is 4.98 Å². The van der Waals surface area contributed by atoms with Crippen molar-refractivity contribution in [3.63, 3.8) is 0 Å². The molecule has 0 spiro atoms. The molecule has 1 N–H and O–H groups in total. The van der Waals surface area contributed by atoms with Crippen molar-refractivity contribution in [3.8, 4) is 57.0 Å². The average Bonchev–Trinajstić information content (AvgIpc) is 3.52. The van der Waals surface area contributed by atoms with E-state index in [0.717, 1.165) is 34.0 Å². The fraction of sp³-hybridized carbons (Fsp3) is 0.0952. The molecule has 0 saturated heterocycles. The molecule has 0 aliphatic carbocycles. The molecule has 8 heteroatoms. The Morgan fingerprint density at radius 1 is 0.759 bits per heavy atom. The summed E-state index contributed by atoms with van der Waals surface area (Å²) in [6.45, 7) is 0.445. The summed E-state index contributed by atoms with van der Waals surface area (Å²) in [6.07, 6.45) is 4.94. The Morgan fingerprint density at radius 3 is 2.17 bits per heavy atom. The second kappa shape index (κ2) is 6.23. The first-order chi connectivity index (χ1) is 14.3. The van der Waals surface area contributed by atoms with Gasteiger partial charge in [-0.05, 0) is 36.4 Å². The molecule has 4 aromatic rings. The molecule has 0 atom stereocenters. The standard InChI is InChI=1S/C21H14N4O4/c1-3-15-17(28-10-26-15)7-12(1)19-20(13-2-4-16-18(8-13)29-11-27-16)25-21(24-19)14-9-22-5-6-23-14/h1-9H,10-11H2,(H,24,25). The average molecular weight is 386 g/mol. The van der Waals surface area contributed by atoms with Gasteiger partial charge in [0.05, 0.1) is 17.6 Å². The molecule has 0 unspecified atom stereocenters. The van der Waals surface area contributed by atoms with Gasteiger partial charge in [0, 0.05) is 23.5 Å². The predicted octanol–water partition coefficient (Wildman–Crippen LogP) is 3.66. The van der Waals surface area contributed by atoms with E-state index in [1.807, 2.05) is 36.4 Å². The van der Waals surface area contributed by atoms with Gasteiger partial charge in [0.2, 0.25) is 13.6 Å². The van der Waals surface area contributed by atoms with E-state index in [4.69, 9.17) is 23.9 Å². The highest BCUT2D eigenvalue weighted by Crippen LogP contribution is 2.41. The summed E-state index contributed by atoms with van der Waals surface area (Å²) >= 11 is 0. The van der Waals surface area contributed by atoms with Gasteiger partial charge in [0.1, 0.15) is 5.69 Å². The van der Waals surface area contributed by atoms with Crippen molar-refractivity contribution >= 4 is 0 Å². The number of ether oxygens (including phenoxy) is 4. The van der Waals surface area contributed by atoms with E-state index < -0.39 is 0 Å². The first-order valence-corrected chi connectivity index (χ1v) is 9.01. The van der Waals surface area contributed by atoms with Crippen LogP contribution in [0.25, 0.3) is 34.0 Å². The number of hydrogen-bond acceptors (Lipinski definition) is 7. The van der Waals surface area contributed by atoms with Gasteiger partial charge in [-0.15, -0.1) is 0 Å². The van der Waals surface area contributed by atoms with E-state index in [-0.39, 0.29) is 13.6 Å². The van der Waals surface area contributed by atoms with Gasteiger partial charge >= 0.3 is 0 Å². The van der Waals surface area contributed by atoms with Gasteiger partial charge in [0.15, 0.2) is 28.8 Å². The van der Waals surface area contributed by atoms with E-state index in [2.05, 4.69) is 15.0 Å². The lowest BCUT2D eigenvalue weighted by Gasteiger charge is -2.05. The third-order valence-corrected chi connectivity index (χ3v) is 4.82. The summed E-state index contributed by atoms with van der Waals surface area (Å²) < 4.78 is 21.9. The number of benzene rings is 2. The minimum atomic E-state index is 0.221. The third-order valence-electron chi connectivity index (χ3n) is 4.82. The van der Waals surface area contributed by atoms with Gasteiger partial charge in [-0.2, -0.15) is 0 Å². The fourth-order valence-corrected chi connectivity index (χ4v) is 3.43. The molecule has 0 bridgehead atoms. The lowest BCUT2D eigenvalue weighted by atomic mass is 10.0. The van der Waals surface area contributed by atoms with Crippen molar-refractivity contribution in [3.05, 3.63) is 55.0 Å². The van der Waals surface area contributed by atoms with E-state index >= 15 is 0 Å². The van der Waals surface area contributed by atoms with E-state index in [1.54, 1.807) is 18.6 Å². The van der Waals surface area contributed by atoms with E-state index in [9.17, 15) is 0 Å². The molecule has 8 nitrogen and oxygen atoms in total. The van der Waals surface area contributed by atoms with Gasteiger partial charge < -0.3 is 23.9 Å². The van der Waals surface area contributed by atoms with Crippen LogP contribution in [0.5, 0.6) is 23.0 Å². The highest BCUT2D eigenvalue weighted by atomic mass is 16.7. The van der Waals surface area contributed by atoms with Crippen LogP contribution in [0.4, 0.5) is 0 Å². The van der Waals surface area contributed by atoms with Crippen LogP contribution < -0.4 is 18.9 Å². The van der Waals surface area contributed by atoms with Crippen molar-refractivity contribution in [1.29, 1.82) is 0 Å². The van der Waals surface area contributed by atoms with Crippen molar-refractivity contribution in [2.75, 3.05) is 13.6 Å². The first kappa shape index (κ1) is 15.9. The number of H-pyrrole nitrogens is 1. The molecule has 0 amide bonds. The van der Waals surface area contributed by atoms with Crippen LogP contribution >= 0.6 is 0 Å². The smallest absolute Gasteiger partial charge is 0.231 e. The highest BCUT2D eigenvalue weighted by Gasteiger charge is 2.22. The van der Waals surface area contributed by atoms with E-state index in [0.29, 0.717) is 23.0 Å². The Bertz CT molecular complexity index is 1150. The quantitative estimate of drug-likeness (QED) is 0.574. The third kappa shape index (κ3) is 2.65. The molecule has 2 aliphatic heterocycles. The van der Waals surface area contributed by atoms with Gasteiger partial charge in [-0.25, -0.2) is 9.97 Å². The summed E-state index contributed by atoms with van der Waals surface area (Å²) in [5.41, 5.74) is 4.07. The number of aromatic nitrogens is 4. The van der Waals surface area contributed by atoms with Crippen LogP contribution in [0.3, 0.4) is 0 Å². The maximum absolute atomic E-state index is 5.54. The Labute approximate surface area is 165 Å². The van der Waals surface area contributed by atoms with Crippen LogP contribution in [0, 0.1) is 0 Å². The zero-order chi connectivity index (χ0) is 19.2. The minimum Gasteiger partial charge on any atom is -0.454 e. The Hall–Kier alpha value is -4.07. The Morgan fingerprint density at radius 2 is 1.45 bits per heavy atom. The van der Waals surface area contributed by atoms with Crippen molar-refractivity contribution in [2.24, 2.45) is 0 Å². The second-order valence-electron chi connectivity index (χ2n) is 6.54. The topological polar surface area (TPSA) is 91.4 Å². The Kier molecular flexibility index (Phi) is 3.43. The number of imidazole rings is 1. The molecular formula is C21H14N4O4. The Balaban J connectivity index is 1.53. The predicted molar refractivity (Wildman–Crippen MR) is 103 cm³/mol. The maximum Gasteiger partial charge on any atom is 0.231 e. The fourth-order valence-electron chi connectivity index (χ4n) is 3.43. The van der Waals surface area contributed by atoms with Crippen LogP contribution in [-0.2, 0) is 0 Å². The number of rotatable bonds is 3. The summed E-state index contributed by atoms with van der Waals surface area (Å²) in [6, 6.07) is 11.6. The molecule has 0 fully saturated rings. The zero-order valence-electron chi connectivity index (χ0n) is 15.1. The molecule has 29 heavy (non-hydrogen) atoms. The normalized spacial score (nSPS) is 13.7. The number of nitrogens with zero attached hydrogens (tertiary/aromatic N) is 3. The number of hydrogen-bond donors (Lipinski definition) is 1. The number of fused-ring (bicyclic) bond motifs is 2. The molecule has 6 rings (SSSR count).